The van der Waals surface area contributed by atoms with E-state index in [-0.39, 0.29) is 11.5 Å². The number of nitrogens with one attached hydrogen (secondary N) is 1. The average Bonchev–Trinajstić information content (AvgIpc) is 2.37. The third kappa shape index (κ3) is 3.19. The molecule has 5 heteroatoms. The Morgan fingerprint density at radius 3 is 2.63 bits per heavy atom. The molecule has 19 heavy (non-hydrogen) atoms. The molecule has 1 N–H and O–H groups in total. The van der Waals surface area contributed by atoms with Gasteiger partial charge in [-0.15, -0.1) is 11.8 Å². The van der Waals surface area contributed by atoms with Crippen LogP contribution in [0.4, 0.5) is 0 Å². The zero-order valence-corrected chi connectivity index (χ0v) is 13.7. The van der Waals surface area contributed by atoms with E-state index in [0.717, 1.165) is 29.3 Å². The summed E-state index contributed by atoms with van der Waals surface area (Å²) >= 11 is 3.93. The molecule has 0 saturated carbocycles. The molecule has 0 bridgehead atoms. The van der Waals surface area contributed by atoms with Gasteiger partial charge in [-0.05, 0) is 19.3 Å². The van der Waals surface area contributed by atoms with E-state index in [4.69, 9.17) is 0 Å². The van der Waals surface area contributed by atoms with Gasteiger partial charge in [-0.1, -0.05) is 20.8 Å². The van der Waals surface area contributed by atoms with Crippen LogP contribution in [0.5, 0.6) is 0 Å². The highest BCUT2D eigenvalue weighted by Crippen LogP contribution is 2.42. The third-order valence-corrected chi connectivity index (χ3v) is 6.72. The number of hydrogen-bond acceptors (Lipinski definition) is 4. The SMILES string of the molecule is CCC1SCCSC1c1nc(C)c(C(C)C)c(=O)[nH]1. The molecule has 0 spiro atoms. The topological polar surface area (TPSA) is 45.8 Å². The fourth-order valence-electron chi connectivity index (χ4n) is 2.59. The van der Waals surface area contributed by atoms with E-state index in [2.05, 4.69) is 16.9 Å². The van der Waals surface area contributed by atoms with Gasteiger partial charge in [-0.3, -0.25) is 4.79 Å². The van der Waals surface area contributed by atoms with Gasteiger partial charge in [0.2, 0.25) is 0 Å². The fourth-order valence-corrected chi connectivity index (χ4v) is 5.60. The monoisotopic (exact) mass is 298 g/mol. The van der Waals surface area contributed by atoms with Crippen molar-refractivity contribution in [3.8, 4) is 0 Å². The van der Waals surface area contributed by atoms with Crippen molar-refractivity contribution in [1.29, 1.82) is 0 Å². The summed E-state index contributed by atoms with van der Waals surface area (Å²) in [4.78, 5) is 19.9. The van der Waals surface area contributed by atoms with Gasteiger partial charge in [0, 0.05) is 28.0 Å². The van der Waals surface area contributed by atoms with Crippen LogP contribution in [0.2, 0.25) is 0 Å². The number of nitrogens with zero attached hydrogens (tertiary/aromatic N) is 1. The van der Waals surface area contributed by atoms with Crippen molar-refractivity contribution in [2.24, 2.45) is 0 Å². The number of H-pyrrole nitrogens is 1. The summed E-state index contributed by atoms with van der Waals surface area (Å²) in [6, 6.07) is 0. The summed E-state index contributed by atoms with van der Waals surface area (Å²) in [5.41, 5.74) is 1.76. The predicted molar refractivity (Wildman–Crippen MR) is 85.4 cm³/mol. The first-order valence-corrected chi connectivity index (χ1v) is 8.98. The van der Waals surface area contributed by atoms with Crippen molar-refractivity contribution in [3.05, 3.63) is 27.4 Å². The summed E-state index contributed by atoms with van der Waals surface area (Å²) in [7, 11) is 0. The minimum Gasteiger partial charge on any atom is -0.309 e. The first kappa shape index (κ1) is 15.0. The molecule has 1 aromatic heterocycles. The lowest BCUT2D eigenvalue weighted by Crippen LogP contribution is -2.26. The Labute approximate surface area is 123 Å². The van der Waals surface area contributed by atoms with Crippen molar-refractivity contribution < 1.29 is 0 Å². The maximum atomic E-state index is 12.2. The summed E-state index contributed by atoms with van der Waals surface area (Å²) in [6.45, 7) is 8.25. The van der Waals surface area contributed by atoms with Gasteiger partial charge in [0.25, 0.3) is 5.56 Å². The smallest absolute Gasteiger partial charge is 0.254 e. The summed E-state index contributed by atoms with van der Waals surface area (Å²) < 4.78 is 0. The Morgan fingerprint density at radius 2 is 2.05 bits per heavy atom. The lowest BCUT2D eigenvalue weighted by molar-refractivity contribution is 0.722. The van der Waals surface area contributed by atoms with Crippen molar-refractivity contribution in [2.45, 2.75) is 50.5 Å². The number of rotatable bonds is 3. The second-order valence-corrected chi connectivity index (χ2v) is 7.81. The van der Waals surface area contributed by atoms with Crippen molar-refractivity contribution in [2.75, 3.05) is 11.5 Å². The van der Waals surface area contributed by atoms with Crippen LogP contribution >= 0.6 is 23.5 Å². The van der Waals surface area contributed by atoms with Crippen molar-refractivity contribution in [3.63, 3.8) is 0 Å². The predicted octanol–water partition coefficient (Wildman–Crippen LogP) is 3.50. The van der Waals surface area contributed by atoms with Crippen LogP contribution in [0, 0.1) is 6.92 Å². The molecule has 1 saturated heterocycles. The lowest BCUT2D eigenvalue weighted by atomic mass is 10.0. The standard InChI is InChI=1S/C14H22N2OS2/c1-5-10-12(19-7-6-18-10)13-15-9(4)11(8(2)3)14(17)16-13/h8,10,12H,5-7H2,1-4H3,(H,15,16,17). The molecule has 0 aromatic carbocycles. The molecular formula is C14H22N2OS2. The highest BCUT2D eigenvalue weighted by Gasteiger charge is 2.29. The van der Waals surface area contributed by atoms with Crippen LogP contribution in [-0.2, 0) is 0 Å². The van der Waals surface area contributed by atoms with E-state index in [9.17, 15) is 4.79 Å². The molecule has 2 heterocycles. The summed E-state index contributed by atoms with van der Waals surface area (Å²) in [5, 5.41) is 0.891. The molecule has 0 radical (unpaired) electrons. The van der Waals surface area contributed by atoms with Crippen LogP contribution in [0.3, 0.4) is 0 Å². The first-order valence-electron chi connectivity index (χ1n) is 6.88. The highest BCUT2D eigenvalue weighted by atomic mass is 32.2. The molecule has 0 amide bonds. The van der Waals surface area contributed by atoms with Gasteiger partial charge >= 0.3 is 0 Å². The van der Waals surface area contributed by atoms with Crippen LogP contribution in [0.1, 0.15) is 55.4 Å². The average molecular weight is 298 g/mol. The van der Waals surface area contributed by atoms with Crippen LogP contribution < -0.4 is 5.56 Å². The Morgan fingerprint density at radius 1 is 1.37 bits per heavy atom. The molecule has 3 nitrogen and oxygen atoms in total. The molecule has 2 unspecified atom stereocenters. The minimum absolute atomic E-state index is 0.0449. The van der Waals surface area contributed by atoms with E-state index in [1.165, 1.54) is 5.75 Å². The molecule has 2 rings (SSSR count). The lowest BCUT2D eigenvalue weighted by Gasteiger charge is -2.29. The second-order valence-electron chi connectivity index (χ2n) is 5.21. The molecule has 0 aliphatic carbocycles. The van der Waals surface area contributed by atoms with Gasteiger partial charge in [0.05, 0.1) is 5.25 Å². The van der Waals surface area contributed by atoms with E-state index >= 15 is 0 Å². The quantitative estimate of drug-likeness (QED) is 0.927. The molecule has 106 valence electrons. The number of aromatic amines is 1. The van der Waals surface area contributed by atoms with Gasteiger partial charge in [0.15, 0.2) is 0 Å². The normalized spacial score (nSPS) is 23.8. The van der Waals surface area contributed by atoms with Crippen LogP contribution in [0.25, 0.3) is 0 Å². The molecule has 1 aliphatic rings. The Kier molecular flexibility index (Phi) is 5.01. The second kappa shape index (κ2) is 6.35. The third-order valence-electron chi connectivity index (χ3n) is 3.46. The molecule has 1 aliphatic heterocycles. The fraction of sp³-hybridized carbons (Fsp3) is 0.714. The van der Waals surface area contributed by atoms with Crippen molar-refractivity contribution in [1.82, 2.24) is 9.97 Å². The van der Waals surface area contributed by atoms with E-state index < -0.39 is 0 Å². The number of aryl methyl sites for hydroxylation is 1. The largest absolute Gasteiger partial charge is 0.309 e. The zero-order chi connectivity index (χ0) is 14.0. The van der Waals surface area contributed by atoms with Crippen LogP contribution in [0.15, 0.2) is 4.79 Å². The van der Waals surface area contributed by atoms with Gasteiger partial charge in [0.1, 0.15) is 5.82 Å². The van der Waals surface area contributed by atoms with Gasteiger partial charge < -0.3 is 4.98 Å². The van der Waals surface area contributed by atoms with Gasteiger partial charge in [-0.2, -0.15) is 11.8 Å². The molecule has 2 atom stereocenters. The minimum atomic E-state index is 0.0449. The summed E-state index contributed by atoms with van der Waals surface area (Å²) in [6.07, 6.45) is 1.12. The highest BCUT2D eigenvalue weighted by molar-refractivity contribution is 8.06. The van der Waals surface area contributed by atoms with E-state index in [1.807, 2.05) is 44.3 Å². The Bertz CT molecular complexity index is 499. The van der Waals surface area contributed by atoms with E-state index in [0.29, 0.717) is 10.5 Å². The molecular weight excluding hydrogens is 276 g/mol. The number of hydrogen-bond donors (Lipinski definition) is 1. The number of thioether (sulfide) groups is 2. The van der Waals surface area contributed by atoms with Crippen molar-refractivity contribution >= 4 is 23.5 Å². The van der Waals surface area contributed by atoms with Gasteiger partial charge in [-0.25, -0.2) is 4.98 Å². The molecule has 1 aromatic rings. The molecule has 1 fully saturated rings. The Hall–Kier alpha value is -0.420. The number of aromatic nitrogens is 2. The Balaban J connectivity index is 2.38. The van der Waals surface area contributed by atoms with Crippen LogP contribution in [-0.4, -0.2) is 26.7 Å². The zero-order valence-electron chi connectivity index (χ0n) is 12.0. The first-order chi connectivity index (χ1) is 9.04. The van der Waals surface area contributed by atoms with E-state index in [1.54, 1.807) is 0 Å². The maximum Gasteiger partial charge on any atom is 0.254 e. The maximum absolute atomic E-state index is 12.2. The summed E-state index contributed by atoms with van der Waals surface area (Å²) in [5.74, 6) is 3.43.